The van der Waals surface area contributed by atoms with Gasteiger partial charge in [0.05, 0.1) is 4.83 Å². The Labute approximate surface area is 139 Å². The predicted octanol–water partition coefficient (Wildman–Crippen LogP) is 5.85. The summed E-state index contributed by atoms with van der Waals surface area (Å²) in [6.45, 7) is 6.31. The van der Waals surface area contributed by atoms with Crippen molar-refractivity contribution in [1.29, 1.82) is 0 Å². The zero-order valence-corrected chi connectivity index (χ0v) is 14.8. The van der Waals surface area contributed by atoms with Crippen LogP contribution in [0.1, 0.15) is 40.9 Å². The van der Waals surface area contributed by atoms with Crippen LogP contribution in [-0.2, 0) is 6.42 Å². The topological polar surface area (TPSA) is 9.23 Å². The minimum absolute atomic E-state index is 0.102. The molecule has 21 heavy (non-hydrogen) atoms. The standard InChI is InChI=1S/C18H18BrClO/c1-11-6-13(9-15(20)7-11)17(19)12-4-5-16-14(8-12)10-18(2,3)21-16/h4-9,17H,10H2,1-3H3. The second-order valence-electron chi connectivity index (χ2n) is 6.33. The van der Waals surface area contributed by atoms with Crippen molar-refractivity contribution in [2.45, 2.75) is 37.6 Å². The Kier molecular flexibility index (Phi) is 3.79. The largest absolute Gasteiger partial charge is 0.487 e. The Morgan fingerprint density at radius 2 is 1.90 bits per heavy atom. The average molecular weight is 366 g/mol. The summed E-state index contributed by atoms with van der Waals surface area (Å²) in [6.07, 6.45) is 0.949. The first-order valence-electron chi connectivity index (χ1n) is 7.07. The SMILES string of the molecule is Cc1cc(Cl)cc(C(Br)c2ccc3c(c2)CC(C)(C)O3)c1. The smallest absolute Gasteiger partial charge is 0.123 e. The second-order valence-corrected chi connectivity index (χ2v) is 7.68. The minimum atomic E-state index is -0.102. The van der Waals surface area contributed by atoms with Gasteiger partial charge in [0.15, 0.2) is 0 Å². The molecule has 0 bridgehead atoms. The Balaban J connectivity index is 1.95. The third-order valence-corrected chi connectivity index (χ3v) is 5.01. The Morgan fingerprint density at radius 1 is 1.14 bits per heavy atom. The van der Waals surface area contributed by atoms with Crippen molar-refractivity contribution in [2.75, 3.05) is 0 Å². The number of hydrogen-bond acceptors (Lipinski definition) is 1. The molecule has 2 aromatic carbocycles. The molecule has 110 valence electrons. The lowest BCUT2D eigenvalue weighted by Crippen LogP contribution is -2.24. The van der Waals surface area contributed by atoms with Gasteiger partial charge in [0, 0.05) is 11.4 Å². The molecular formula is C18H18BrClO. The van der Waals surface area contributed by atoms with Gasteiger partial charge in [-0.1, -0.05) is 45.7 Å². The first kappa shape index (κ1) is 14.9. The van der Waals surface area contributed by atoms with Crippen LogP contribution in [0.2, 0.25) is 5.02 Å². The molecule has 1 aliphatic rings. The van der Waals surface area contributed by atoms with Crippen LogP contribution in [-0.4, -0.2) is 5.60 Å². The van der Waals surface area contributed by atoms with E-state index in [4.69, 9.17) is 16.3 Å². The van der Waals surface area contributed by atoms with E-state index in [0.29, 0.717) is 0 Å². The third kappa shape index (κ3) is 3.12. The summed E-state index contributed by atoms with van der Waals surface area (Å²) in [5.74, 6) is 1.01. The molecule has 3 heteroatoms. The van der Waals surface area contributed by atoms with Crippen LogP contribution in [0, 0.1) is 6.92 Å². The fourth-order valence-corrected chi connectivity index (χ4v) is 3.74. The average Bonchev–Trinajstić information content (AvgIpc) is 2.69. The first-order chi connectivity index (χ1) is 9.84. The fraction of sp³-hybridized carbons (Fsp3) is 0.333. The second kappa shape index (κ2) is 5.33. The first-order valence-corrected chi connectivity index (χ1v) is 8.36. The van der Waals surface area contributed by atoms with Gasteiger partial charge in [0.2, 0.25) is 0 Å². The highest BCUT2D eigenvalue weighted by Gasteiger charge is 2.30. The van der Waals surface area contributed by atoms with Gasteiger partial charge in [-0.05, 0) is 61.2 Å². The molecule has 1 nitrogen and oxygen atoms in total. The van der Waals surface area contributed by atoms with Crippen molar-refractivity contribution in [3.63, 3.8) is 0 Å². The molecule has 0 aromatic heterocycles. The summed E-state index contributed by atoms with van der Waals surface area (Å²) in [6, 6.07) is 12.6. The van der Waals surface area contributed by atoms with Crippen molar-refractivity contribution in [1.82, 2.24) is 0 Å². The number of halogens is 2. The highest BCUT2D eigenvalue weighted by atomic mass is 79.9. The van der Waals surface area contributed by atoms with Gasteiger partial charge in [0.1, 0.15) is 11.4 Å². The van der Waals surface area contributed by atoms with Crippen LogP contribution >= 0.6 is 27.5 Å². The molecular weight excluding hydrogens is 348 g/mol. The number of benzene rings is 2. The summed E-state index contributed by atoms with van der Waals surface area (Å²) < 4.78 is 5.94. The lowest BCUT2D eigenvalue weighted by molar-refractivity contribution is 0.138. The van der Waals surface area contributed by atoms with Crippen LogP contribution in [0.3, 0.4) is 0 Å². The van der Waals surface area contributed by atoms with Gasteiger partial charge < -0.3 is 4.74 Å². The molecule has 0 saturated carbocycles. The quantitative estimate of drug-likeness (QED) is 0.607. The van der Waals surface area contributed by atoms with E-state index in [2.05, 4.69) is 61.0 Å². The van der Waals surface area contributed by atoms with Gasteiger partial charge in [0.25, 0.3) is 0 Å². The molecule has 0 saturated heterocycles. The molecule has 1 atom stereocenters. The summed E-state index contributed by atoms with van der Waals surface area (Å²) in [7, 11) is 0. The van der Waals surface area contributed by atoms with Crippen LogP contribution in [0.25, 0.3) is 0 Å². The number of fused-ring (bicyclic) bond motifs is 1. The summed E-state index contributed by atoms with van der Waals surface area (Å²) in [4.78, 5) is 0.143. The van der Waals surface area contributed by atoms with Crippen molar-refractivity contribution >= 4 is 27.5 Å². The van der Waals surface area contributed by atoms with Crippen molar-refractivity contribution in [2.24, 2.45) is 0 Å². The molecule has 3 rings (SSSR count). The number of alkyl halides is 1. The summed E-state index contributed by atoms with van der Waals surface area (Å²) >= 11 is 9.97. The van der Waals surface area contributed by atoms with Crippen LogP contribution in [0.5, 0.6) is 5.75 Å². The van der Waals surface area contributed by atoms with Crippen molar-refractivity contribution < 1.29 is 4.74 Å². The number of rotatable bonds is 2. The normalized spacial score (nSPS) is 17.2. The van der Waals surface area contributed by atoms with Gasteiger partial charge in [-0.15, -0.1) is 0 Å². The zero-order chi connectivity index (χ0) is 15.2. The molecule has 2 aromatic rings. The Hall–Kier alpha value is -0.990. The van der Waals surface area contributed by atoms with E-state index in [0.717, 1.165) is 17.2 Å². The Morgan fingerprint density at radius 3 is 2.62 bits per heavy atom. The lowest BCUT2D eigenvalue weighted by Gasteiger charge is -2.16. The summed E-state index contributed by atoms with van der Waals surface area (Å²) in [5, 5.41) is 0.778. The van der Waals surface area contributed by atoms with Gasteiger partial charge in [-0.25, -0.2) is 0 Å². The van der Waals surface area contributed by atoms with Gasteiger partial charge in [-0.3, -0.25) is 0 Å². The Bertz CT molecular complexity index is 673. The number of ether oxygens (including phenoxy) is 1. The predicted molar refractivity (Wildman–Crippen MR) is 91.8 cm³/mol. The maximum Gasteiger partial charge on any atom is 0.123 e. The zero-order valence-electron chi connectivity index (χ0n) is 12.4. The number of aryl methyl sites for hydroxylation is 1. The van der Waals surface area contributed by atoms with E-state index >= 15 is 0 Å². The third-order valence-electron chi connectivity index (χ3n) is 3.74. The van der Waals surface area contributed by atoms with E-state index in [1.165, 1.54) is 22.3 Å². The van der Waals surface area contributed by atoms with Crippen LogP contribution < -0.4 is 4.74 Å². The van der Waals surface area contributed by atoms with E-state index in [9.17, 15) is 0 Å². The monoisotopic (exact) mass is 364 g/mol. The fourth-order valence-electron chi connectivity index (χ4n) is 2.89. The molecule has 0 amide bonds. The number of hydrogen-bond donors (Lipinski definition) is 0. The van der Waals surface area contributed by atoms with Gasteiger partial charge in [-0.2, -0.15) is 0 Å². The van der Waals surface area contributed by atoms with Crippen molar-refractivity contribution in [3.05, 3.63) is 63.7 Å². The van der Waals surface area contributed by atoms with E-state index < -0.39 is 0 Å². The molecule has 0 radical (unpaired) electrons. The molecule has 0 aliphatic carbocycles. The highest BCUT2D eigenvalue weighted by molar-refractivity contribution is 9.09. The highest BCUT2D eigenvalue weighted by Crippen LogP contribution is 2.39. The van der Waals surface area contributed by atoms with E-state index in [1.807, 2.05) is 12.1 Å². The van der Waals surface area contributed by atoms with Crippen LogP contribution in [0.4, 0.5) is 0 Å². The molecule has 1 aliphatic heterocycles. The molecule has 0 spiro atoms. The minimum Gasteiger partial charge on any atom is -0.487 e. The lowest BCUT2D eigenvalue weighted by atomic mass is 9.97. The van der Waals surface area contributed by atoms with Crippen molar-refractivity contribution in [3.8, 4) is 5.75 Å². The van der Waals surface area contributed by atoms with Crippen LogP contribution in [0.15, 0.2) is 36.4 Å². The molecule has 1 unspecified atom stereocenters. The van der Waals surface area contributed by atoms with Gasteiger partial charge >= 0.3 is 0 Å². The maximum atomic E-state index is 6.17. The molecule has 0 fully saturated rings. The van der Waals surface area contributed by atoms with E-state index in [-0.39, 0.29) is 10.4 Å². The maximum absolute atomic E-state index is 6.17. The molecule has 0 N–H and O–H groups in total. The molecule has 1 heterocycles. The summed E-state index contributed by atoms with van der Waals surface area (Å²) in [5.41, 5.74) is 4.76. The van der Waals surface area contributed by atoms with E-state index in [1.54, 1.807) is 0 Å².